The Kier molecular flexibility index (Phi) is 6.84. The number of nitrogens with zero attached hydrogens (tertiary/aromatic N) is 2. The third kappa shape index (κ3) is 4.36. The molecule has 0 bridgehead atoms. The van der Waals surface area contributed by atoms with Crippen LogP contribution < -0.4 is 14.8 Å². The molecule has 0 spiro atoms. The van der Waals surface area contributed by atoms with Crippen LogP contribution in [0.2, 0.25) is 0 Å². The van der Waals surface area contributed by atoms with Crippen molar-refractivity contribution in [3.63, 3.8) is 0 Å². The Hall–Kier alpha value is -1.33. The van der Waals surface area contributed by atoms with Crippen LogP contribution in [0.25, 0.3) is 0 Å². The minimum absolute atomic E-state index is 0. The summed E-state index contributed by atoms with van der Waals surface area (Å²) in [6, 6.07) is 6.77. The molecule has 5 nitrogen and oxygen atoms in total. The lowest BCUT2D eigenvalue weighted by molar-refractivity contribution is -0.286. The van der Waals surface area contributed by atoms with E-state index in [1.807, 2.05) is 0 Å². The van der Waals surface area contributed by atoms with Gasteiger partial charge in [-0.3, -0.25) is 4.90 Å². The van der Waals surface area contributed by atoms with E-state index < -0.39 is 6.29 Å². The van der Waals surface area contributed by atoms with E-state index in [1.54, 1.807) is 12.1 Å². The molecule has 1 aromatic carbocycles. The monoisotopic (exact) mass is 367 g/mol. The predicted molar refractivity (Wildman–Crippen MR) is 84.6 cm³/mol. The Morgan fingerprint density at radius 3 is 2.52 bits per heavy atom. The molecule has 1 fully saturated rings. The number of halogens is 4. The minimum atomic E-state index is -3.61. The largest absolute Gasteiger partial charge is 0.586 e. The number of benzene rings is 1. The van der Waals surface area contributed by atoms with Gasteiger partial charge in [-0.2, -0.15) is 5.26 Å². The van der Waals surface area contributed by atoms with Crippen molar-refractivity contribution in [3.05, 3.63) is 23.8 Å². The van der Waals surface area contributed by atoms with Crippen molar-refractivity contribution < 1.29 is 18.3 Å². The molecule has 2 aliphatic rings. The zero-order chi connectivity index (χ0) is 14.9. The molecule has 0 amide bonds. The molecule has 1 saturated heterocycles. The van der Waals surface area contributed by atoms with E-state index in [0.717, 1.165) is 31.7 Å². The van der Waals surface area contributed by atoms with E-state index in [9.17, 15) is 8.78 Å². The second-order valence-corrected chi connectivity index (χ2v) is 5.04. The molecular formula is C14H17Cl2F2N3O2. The van der Waals surface area contributed by atoms with Gasteiger partial charge in [0, 0.05) is 32.2 Å². The number of fused-ring (bicyclic) bond motifs is 1. The van der Waals surface area contributed by atoms with Crippen LogP contribution in [0.1, 0.15) is 18.0 Å². The zero-order valence-electron chi connectivity index (χ0n) is 12.1. The first-order valence-corrected chi connectivity index (χ1v) is 6.80. The number of hydrogen-bond acceptors (Lipinski definition) is 5. The quantitative estimate of drug-likeness (QED) is 0.889. The lowest BCUT2D eigenvalue weighted by Crippen LogP contribution is -2.45. The summed E-state index contributed by atoms with van der Waals surface area (Å²) in [5.41, 5.74) is 0.790. The Labute approximate surface area is 145 Å². The normalized spacial score (nSPS) is 19.9. The summed E-state index contributed by atoms with van der Waals surface area (Å²) < 4.78 is 35.0. The summed E-state index contributed by atoms with van der Waals surface area (Å²) in [6.07, 6.45) is -3.31. The molecule has 2 aliphatic heterocycles. The summed E-state index contributed by atoms with van der Waals surface area (Å²) >= 11 is 0. The Morgan fingerprint density at radius 1 is 1.22 bits per heavy atom. The molecular weight excluding hydrogens is 351 g/mol. The lowest BCUT2D eigenvalue weighted by Gasteiger charge is -2.34. The Balaban J connectivity index is 0.00000132. The summed E-state index contributed by atoms with van der Waals surface area (Å²) in [4.78, 5) is 2.18. The van der Waals surface area contributed by atoms with Gasteiger partial charge in [-0.1, -0.05) is 6.07 Å². The molecule has 0 radical (unpaired) electrons. The molecule has 3 rings (SSSR count). The van der Waals surface area contributed by atoms with E-state index in [1.165, 1.54) is 6.07 Å². The highest BCUT2D eigenvalue weighted by molar-refractivity contribution is 5.85. The van der Waals surface area contributed by atoms with Crippen molar-refractivity contribution in [1.29, 1.82) is 5.26 Å². The van der Waals surface area contributed by atoms with E-state index in [4.69, 9.17) is 5.26 Å². The van der Waals surface area contributed by atoms with Crippen LogP contribution in [0.15, 0.2) is 18.2 Å². The number of nitriles is 1. The lowest BCUT2D eigenvalue weighted by atomic mass is 10.0. The number of rotatable bonds is 3. The van der Waals surface area contributed by atoms with Gasteiger partial charge in [-0.15, -0.1) is 33.6 Å². The number of nitrogens with one attached hydrogen (secondary N) is 1. The number of hydrogen-bond donors (Lipinski definition) is 1. The average Bonchev–Trinajstić information content (AvgIpc) is 2.78. The molecule has 2 heterocycles. The summed E-state index contributed by atoms with van der Waals surface area (Å²) in [5, 5.41) is 12.3. The van der Waals surface area contributed by atoms with Crippen molar-refractivity contribution in [2.45, 2.75) is 18.8 Å². The third-order valence-corrected chi connectivity index (χ3v) is 3.69. The van der Waals surface area contributed by atoms with Crippen molar-refractivity contribution in [2.75, 3.05) is 26.2 Å². The molecule has 1 atom stereocenters. The van der Waals surface area contributed by atoms with Gasteiger partial charge in [0.1, 0.15) is 0 Å². The molecule has 1 aromatic rings. The SMILES string of the molecule is Cl.Cl.N#CC[C@H](c1ccc2c(c1)OC(F)(F)O2)N1CCNCC1. The smallest absolute Gasteiger partial charge is 0.395 e. The number of ether oxygens (including phenoxy) is 2. The van der Waals surface area contributed by atoms with Gasteiger partial charge >= 0.3 is 6.29 Å². The van der Waals surface area contributed by atoms with Gasteiger partial charge in [0.05, 0.1) is 12.5 Å². The fraction of sp³-hybridized carbons (Fsp3) is 0.500. The first kappa shape index (κ1) is 19.7. The van der Waals surface area contributed by atoms with Crippen LogP contribution in [-0.2, 0) is 0 Å². The Bertz CT molecular complexity index is 578. The van der Waals surface area contributed by atoms with Crippen LogP contribution in [0.4, 0.5) is 8.78 Å². The Morgan fingerprint density at radius 2 is 1.87 bits per heavy atom. The van der Waals surface area contributed by atoms with Crippen molar-refractivity contribution in [2.24, 2.45) is 0 Å². The van der Waals surface area contributed by atoms with Gasteiger partial charge in [0.15, 0.2) is 11.5 Å². The molecule has 9 heteroatoms. The minimum Gasteiger partial charge on any atom is -0.395 e. The van der Waals surface area contributed by atoms with Crippen LogP contribution in [0.5, 0.6) is 11.5 Å². The molecule has 1 N–H and O–H groups in total. The van der Waals surface area contributed by atoms with Gasteiger partial charge < -0.3 is 14.8 Å². The highest BCUT2D eigenvalue weighted by Crippen LogP contribution is 2.42. The molecule has 0 saturated carbocycles. The predicted octanol–water partition coefficient (Wildman–Crippen LogP) is 2.71. The highest BCUT2D eigenvalue weighted by Gasteiger charge is 2.43. The fourth-order valence-corrected chi connectivity index (χ4v) is 2.71. The number of piperazine rings is 1. The van der Waals surface area contributed by atoms with Crippen LogP contribution in [0, 0.1) is 11.3 Å². The van der Waals surface area contributed by atoms with Crippen LogP contribution >= 0.6 is 24.8 Å². The first-order valence-electron chi connectivity index (χ1n) is 6.80. The van der Waals surface area contributed by atoms with Crippen LogP contribution in [0.3, 0.4) is 0 Å². The molecule has 128 valence electrons. The maximum Gasteiger partial charge on any atom is 0.586 e. The van der Waals surface area contributed by atoms with Gasteiger partial charge in [0.2, 0.25) is 0 Å². The van der Waals surface area contributed by atoms with Gasteiger partial charge in [0.25, 0.3) is 0 Å². The number of alkyl halides is 2. The summed E-state index contributed by atoms with van der Waals surface area (Å²) in [7, 11) is 0. The van der Waals surface area contributed by atoms with Crippen LogP contribution in [-0.4, -0.2) is 37.4 Å². The second kappa shape index (κ2) is 7.97. The summed E-state index contributed by atoms with van der Waals surface area (Å²) in [6.45, 7) is 3.34. The standard InChI is InChI=1S/C14H15F2N3O2.2ClH/c15-14(16)20-12-2-1-10(9-13(12)21-14)11(3-4-17)19-7-5-18-6-8-19;;/h1-2,9,11,18H,3,5-8H2;2*1H/t11-;;/m1../s1. The maximum atomic E-state index is 13.1. The van der Waals surface area contributed by atoms with Crippen molar-refractivity contribution in [3.8, 4) is 17.6 Å². The summed E-state index contributed by atoms with van der Waals surface area (Å²) in [5.74, 6) is 0.0512. The fourth-order valence-electron chi connectivity index (χ4n) is 2.71. The van der Waals surface area contributed by atoms with Crippen molar-refractivity contribution >= 4 is 24.8 Å². The topological polar surface area (TPSA) is 57.5 Å². The maximum absolute atomic E-state index is 13.1. The first-order chi connectivity index (χ1) is 10.1. The van der Waals surface area contributed by atoms with E-state index >= 15 is 0 Å². The average molecular weight is 368 g/mol. The molecule has 23 heavy (non-hydrogen) atoms. The van der Waals surface area contributed by atoms with Gasteiger partial charge in [-0.05, 0) is 17.7 Å². The van der Waals surface area contributed by atoms with Gasteiger partial charge in [-0.25, -0.2) is 0 Å². The zero-order valence-corrected chi connectivity index (χ0v) is 13.8. The molecule has 0 aliphatic carbocycles. The molecule has 0 aromatic heterocycles. The van der Waals surface area contributed by atoms with E-state index in [2.05, 4.69) is 25.8 Å². The van der Waals surface area contributed by atoms with E-state index in [-0.39, 0.29) is 42.4 Å². The van der Waals surface area contributed by atoms with Crippen molar-refractivity contribution in [1.82, 2.24) is 10.2 Å². The second-order valence-electron chi connectivity index (χ2n) is 5.04. The third-order valence-electron chi connectivity index (χ3n) is 3.69. The molecule has 0 unspecified atom stereocenters. The highest BCUT2D eigenvalue weighted by atomic mass is 35.5. The van der Waals surface area contributed by atoms with E-state index in [0.29, 0.717) is 6.42 Å².